The molecule has 0 aliphatic heterocycles. The summed E-state index contributed by atoms with van der Waals surface area (Å²) >= 11 is 7.33. The third-order valence-corrected chi connectivity index (χ3v) is 4.81. The molecule has 0 saturated carbocycles. The highest BCUT2D eigenvalue weighted by Gasteiger charge is 2.22. The molecule has 4 nitrogen and oxygen atoms in total. The van der Waals surface area contributed by atoms with Crippen LogP contribution in [0.1, 0.15) is 29.2 Å². The van der Waals surface area contributed by atoms with Crippen molar-refractivity contribution >= 4 is 28.8 Å². The van der Waals surface area contributed by atoms with E-state index in [-0.39, 0.29) is 11.9 Å². The first-order chi connectivity index (χ1) is 11.1. The molecule has 6 heteroatoms. The van der Waals surface area contributed by atoms with Gasteiger partial charge in [-0.05, 0) is 31.2 Å². The molecular weight excluding hydrogens is 332 g/mol. The number of amides is 1. The molecule has 3 aromatic rings. The van der Waals surface area contributed by atoms with Gasteiger partial charge in [-0.3, -0.25) is 4.79 Å². The van der Waals surface area contributed by atoms with Crippen molar-refractivity contribution in [3.8, 4) is 10.6 Å². The van der Waals surface area contributed by atoms with Crippen molar-refractivity contribution in [1.82, 2.24) is 9.88 Å². The highest BCUT2D eigenvalue weighted by atomic mass is 35.5. The predicted molar refractivity (Wildman–Crippen MR) is 91.8 cm³/mol. The quantitative estimate of drug-likeness (QED) is 0.675. The number of benzene rings is 1. The van der Waals surface area contributed by atoms with Crippen molar-refractivity contribution in [2.75, 3.05) is 7.05 Å². The Bertz CT molecular complexity index is 796. The number of furan rings is 1. The second kappa shape index (κ2) is 6.56. The number of thiazole rings is 1. The highest BCUT2D eigenvalue weighted by Crippen LogP contribution is 2.27. The number of nitrogens with zero attached hydrogens (tertiary/aromatic N) is 2. The van der Waals surface area contributed by atoms with Crippen LogP contribution in [0.5, 0.6) is 0 Å². The maximum Gasteiger partial charge on any atom is 0.273 e. The van der Waals surface area contributed by atoms with Crippen molar-refractivity contribution in [3.63, 3.8) is 0 Å². The Morgan fingerprint density at radius 1 is 1.30 bits per heavy atom. The molecule has 3 rings (SSSR count). The average molecular weight is 347 g/mol. The van der Waals surface area contributed by atoms with Crippen LogP contribution in [0, 0.1) is 0 Å². The summed E-state index contributed by atoms with van der Waals surface area (Å²) in [6.45, 7) is 1.92. The maximum absolute atomic E-state index is 12.6. The Kier molecular flexibility index (Phi) is 4.50. The lowest BCUT2D eigenvalue weighted by atomic mass is 10.2. The molecule has 0 aliphatic rings. The zero-order valence-electron chi connectivity index (χ0n) is 12.7. The summed E-state index contributed by atoms with van der Waals surface area (Å²) in [5.41, 5.74) is 1.38. The van der Waals surface area contributed by atoms with Gasteiger partial charge in [-0.1, -0.05) is 23.7 Å². The summed E-state index contributed by atoms with van der Waals surface area (Å²) in [5.74, 6) is 0.611. The molecule has 0 spiro atoms. The normalized spacial score (nSPS) is 12.1. The van der Waals surface area contributed by atoms with Gasteiger partial charge in [0.1, 0.15) is 16.5 Å². The van der Waals surface area contributed by atoms with Gasteiger partial charge in [0.05, 0.1) is 12.3 Å². The monoisotopic (exact) mass is 346 g/mol. The number of halogens is 1. The van der Waals surface area contributed by atoms with Crippen LogP contribution < -0.4 is 0 Å². The van der Waals surface area contributed by atoms with E-state index in [1.807, 2.05) is 43.3 Å². The largest absolute Gasteiger partial charge is 0.467 e. The van der Waals surface area contributed by atoms with Gasteiger partial charge in [0.25, 0.3) is 5.91 Å². The van der Waals surface area contributed by atoms with Crippen LogP contribution in [0.25, 0.3) is 10.6 Å². The number of carbonyl (C=O) groups is 1. The van der Waals surface area contributed by atoms with E-state index in [9.17, 15) is 4.79 Å². The zero-order valence-corrected chi connectivity index (χ0v) is 14.3. The van der Waals surface area contributed by atoms with E-state index in [4.69, 9.17) is 16.0 Å². The standard InChI is InChI=1S/C17H15ClN2O2S/c1-11(15-4-3-9-22-15)20(2)17(21)14-10-23-16(19-14)12-5-7-13(18)8-6-12/h3-11H,1-2H3. The molecule has 0 N–H and O–H groups in total. The van der Waals surface area contributed by atoms with Gasteiger partial charge in [-0.25, -0.2) is 4.98 Å². The van der Waals surface area contributed by atoms with Crippen molar-refractivity contribution in [2.45, 2.75) is 13.0 Å². The summed E-state index contributed by atoms with van der Waals surface area (Å²) in [4.78, 5) is 18.7. The molecular formula is C17H15ClN2O2S. The highest BCUT2D eigenvalue weighted by molar-refractivity contribution is 7.13. The SMILES string of the molecule is CC(c1ccco1)N(C)C(=O)c1csc(-c2ccc(Cl)cc2)n1. The molecule has 0 radical (unpaired) electrons. The second-order valence-corrected chi connectivity index (χ2v) is 6.45. The lowest BCUT2D eigenvalue weighted by Gasteiger charge is -2.22. The van der Waals surface area contributed by atoms with E-state index < -0.39 is 0 Å². The van der Waals surface area contributed by atoms with Gasteiger partial charge < -0.3 is 9.32 Å². The minimum atomic E-state index is -0.154. The summed E-state index contributed by atoms with van der Waals surface area (Å²) in [5, 5.41) is 3.25. The first-order valence-corrected chi connectivity index (χ1v) is 8.34. The second-order valence-electron chi connectivity index (χ2n) is 5.15. The van der Waals surface area contributed by atoms with Crippen LogP contribution in [0.2, 0.25) is 5.02 Å². The van der Waals surface area contributed by atoms with E-state index in [0.717, 1.165) is 16.3 Å². The van der Waals surface area contributed by atoms with Gasteiger partial charge in [0.15, 0.2) is 0 Å². The van der Waals surface area contributed by atoms with Crippen LogP contribution in [0.15, 0.2) is 52.5 Å². The zero-order chi connectivity index (χ0) is 16.4. The van der Waals surface area contributed by atoms with Crippen LogP contribution in [-0.4, -0.2) is 22.8 Å². The van der Waals surface area contributed by atoms with E-state index >= 15 is 0 Å². The van der Waals surface area contributed by atoms with Gasteiger partial charge in [0.2, 0.25) is 0 Å². The van der Waals surface area contributed by atoms with Gasteiger partial charge in [-0.2, -0.15) is 0 Å². The van der Waals surface area contributed by atoms with Crippen molar-refractivity contribution < 1.29 is 9.21 Å². The molecule has 118 valence electrons. The molecule has 2 aromatic heterocycles. The molecule has 1 unspecified atom stereocenters. The number of hydrogen-bond donors (Lipinski definition) is 0. The molecule has 1 aromatic carbocycles. The summed E-state index contributed by atoms with van der Waals surface area (Å²) in [6.07, 6.45) is 1.60. The Balaban J connectivity index is 1.79. The first-order valence-electron chi connectivity index (χ1n) is 7.08. The minimum Gasteiger partial charge on any atom is -0.467 e. The molecule has 23 heavy (non-hydrogen) atoms. The van der Waals surface area contributed by atoms with Crippen LogP contribution >= 0.6 is 22.9 Å². The Morgan fingerprint density at radius 2 is 2.04 bits per heavy atom. The molecule has 0 bridgehead atoms. The Hall–Kier alpha value is -2.11. The molecule has 1 amide bonds. The minimum absolute atomic E-state index is 0.134. The van der Waals surface area contributed by atoms with E-state index in [1.54, 1.807) is 23.6 Å². The van der Waals surface area contributed by atoms with Crippen LogP contribution in [0.3, 0.4) is 0 Å². The molecule has 0 aliphatic carbocycles. The van der Waals surface area contributed by atoms with Crippen molar-refractivity contribution in [2.24, 2.45) is 0 Å². The molecule has 1 atom stereocenters. The molecule has 2 heterocycles. The lowest BCUT2D eigenvalue weighted by Crippen LogP contribution is -2.29. The Labute approximate surface area is 143 Å². The third kappa shape index (κ3) is 3.30. The van der Waals surface area contributed by atoms with Crippen molar-refractivity contribution in [1.29, 1.82) is 0 Å². The fourth-order valence-electron chi connectivity index (χ4n) is 2.17. The Morgan fingerprint density at radius 3 is 2.70 bits per heavy atom. The smallest absolute Gasteiger partial charge is 0.273 e. The van der Waals surface area contributed by atoms with E-state index in [0.29, 0.717) is 10.7 Å². The van der Waals surface area contributed by atoms with Crippen molar-refractivity contribution in [3.05, 3.63) is 64.5 Å². The third-order valence-electron chi connectivity index (χ3n) is 3.67. The molecule has 0 fully saturated rings. The fraction of sp³-hybridized carbons (Fsp3) is 0.176. The first kappa shape index (κ1) is 15.8. The van der Waals surface area contributed by atoms with Crippen LogP contribution in [-0.2, 0) is 0 Å². The average Bonchev–Trinajstić information content (AvgIpc) is 3.25. The lowest BCUT2D eigenvalue weighted by molar-refractivity contribution is 0.0721. The number of hydrogen-bond acceptors (Lipinski definition) is 4. The molecule has 0 saturated heterocycles. The fourth-order valence-corrected chi connectivity index (χ4v) is 3.10. The van der Waals surface area contributed by atoms with E-state index in [1.165, 1.54) is 11.3 Å². The summed E-state index contributed by atoms with van der Waals surface area (Å²) < 4.78 is 5.36. The van der Waals surface area contributed by atoms with Gasteiger partial charge >= 0.3 is 0 Å². The number of carbonyl (C=O) groups excluding carboxylic acids is 1. The topological polar surface area (TPSA) is 46.3 Å². The van der Waals surface area contributed by atoms with Crippen LogP contribution in [0.4, 0.5) is 0 Å². The predicted octanol–water partition coefficient (Wildman–Crippen LogP) is 4.89. The van der Waals surface area contributed by atoms with Gasteiger partial charge in [0, 0.05) is 23.0 Å². The van der Waals surface area contributed by atoms with E-state index in [2.05, 4.69) is 4.98 Å². The number of aromatic nitrogens is 1. The number of rotatable bonds is 4. The summed E-state index contributed by atoms with van der Waals surface area (Å²) in [7, 11) is 1.75. The van der Waals surface area contributed by atoms with Gasteiger partial charge in [-0.15, -0.1) is 11.3 Å². The summed E-state index contributed by atoms with van der Waals surface area (Å²) in [6, 6.07) is 10.9. The maximum atomic E-state index is 12.6.